The molecule has 0 bridgehead atoms. The maximum absolute atomic E-state index is 11.8. The minimum Gasteiger partial charge on any atom is -0.479 e. The molecule has 0 aliphatic carbocycles. The predicted molar refractivity (Wildman–Crippen MR) is 72.2 cm³/mol. The number of hydrogen-bond donors (Lipinski definition) is 3. The Kier molecular flexibility index (Phi) is 3.99. The molecule has 2 aromatic rings. The first-order valence-corrected chi connectivity index (χ1v) is 5.90. The average molecular weight is 274 g/mol. The third-order valence-electron chi connectivity index (χ3n) is 2.62. The van der Waals surface area contributed by atoms with Crippen molar-refractivity contribution in [2.75, 3.05) is 5.32 Å². The molecule has 0 fully saturated rings. The number of carboxylic acid groups (broad SMARTS) is 1. The van der Waals surface area contributed by atoms with E-state index in [9.17, 15) is 14.7 Å². The first-order chi connectivity index (χ1) is 9.56. The van der Waals surface area contributed by atoms with Gasteiger partial charge in [0.15, 0.2) is 6.04 Å². The summed E-state index contributed by atoms with van der Waals surface area (Å²) in [5, 5.41) is 18.0. The van der Waals surface area contributed by atoms with Gasteiger partial charge in [-0.2, -0.15) is 5.10 Å². The molecule has 0 saturated carbocycles. The van der Waals surface area contributed by atoms with E-state index in [4.69, 9.17) is 0 Å². The Morgan fingerprint density at radius 3 is 2.55 bits per heavy atom. The van der Waals surface area contributed by atoms with Crippen LogP contribution in [0.4, 0.5) is 10.5 Å². The van der Waals surface area contributed by atoms with Gasteiger partial charge in [-0.3, -0.25) is 4.68 Å². The van der Waals surface area contributed by atoms with E-state index in [2.05, 4.69) is 15.7 Å². The van der Waals surface area contributed by atoms with Crippen LogP contribution in [0, 0.1) is 0 Å². The highest BCUT2D eigenvalue weighted by Crippen LogP contribution is 2.13. The Morgan fingerprint density at radius 1 is 1.30 bits per heavy atom. The van der Waals surface area contributed by atoms with Gasteiger partial charge in [-0.15, -0.1) is 0 Å². The SMILES string of the molecule is Cn1cc(NC(=O)NC(C(=O)O)c2ccccc2)cn1. The van der Waals surface area contributed by atoms with Crippen LogP contribution in [0.3, 0.4) is 0 Å². The maximum Gasteiger partial charge on any atom is 0.330 e. The van der Waals surface area contributed by atoms with Crippen molar-refractivity contribution in [3.05, 3.63) is 48.3 Å². The predicted octanol–water partition coefficient (Wildman–Crippen LogP) is 1.37. The molecule has 0 aliphatic heterocycles. The van der Waals surface area contributed by atoms with E-state index in [1.807, 2.05) is 0 Å². The van der Waals surface area contributed by atoms with E-state index in [-0.39, 0.29) is 0 Å². The molecule has 1 aromatic carbocycles. The minimum atomic E-state index is -1.13. The quantitative estimate of drug-likeness (QED) is 0.784. The molecule has 1 atom stereocenters. The molecular formula is C13H14N4O3. The summed E-state index contributed by atoms with van der Waals surface area (Å²) < 4.78 is 1.53. The molecular weight excluding hydrogens is 260 g/mol. The fraction of sp³-hybridized carbons (Fsp3) is 0.154. The van der Waals surface area contributed by atoms with Crippen LogP contribution < -0.4 is 10.6 Å². The number of hydrogen-bond acceptors (Lipinski definition) is 3. The van der Waals surface area contributed by atoms with Gasteiger partial charge in [0.25, 0.3) is 0 Å². The number of rotatable bonds is 4. The number of carboxylic acids is 1. The molecule has 20 heavy (non-hydrogen) atoms. The highest BCUT2D eigenvalue weighted by molar-refractivity contribution is 5.92. The van der Waals surface area contributed by atoms with Crippen molar-refractivity contribution < 1.29 is 14.7 Å². The summed E-state index contributed by atoms with van der Waals surface area (Å²) in [7, 11) is 1.72. The van der Waals surface area contributed by atoms with Crippen LogP contribution >= 0.6 is 0 Å². The number of carbonyl (C=O) groups excluding carboxylic acids is 1. The number of aryl methyl sites for hydroxylation is 1. The van der Waals surface area contributed by atoms with Crippen LogP contribution in [0.25, 0.3) is 0 Å². The fourth-order valence-corrected chi connectivity index (χ4v) is 1.72. The van der Waals surface area contributed by atoms with Crippen molar-refractivity contribution in [3.63, 3.8) is 0 Å². The van der Waals surface area contributed by atoms with Gasteiger partial charge in [-0.1, -0.05) is 30.3 Å². The molecule has 1 unspecified atom stereocenters. The standard InChI is InChI=1S/C13H14N4O3/c1-17-8-10(7-14-17)15-13(20)16-11(12(18)19)9-5-3-2-4-6-9/h2-8,11H,1H3,(H,18,19)(H2,15,16,20). The van der Waals surface area contributed by atoms with Crippen molar-refractivity contribution in [2.45, 2.75) is 6.04 Å². The number of nitrogens with zero attached hydrogens (tertiary/aromatic N) is 2. The largest absolute Gasteiger partial charge is 0.479 e. The van der Waals surface area contributed by atoms with Crippen molar-refractivity contribution in [1.82, 2.24) is 15.1 Å². The monoisotopic (exact) mass is 274 g/mol. The van der Waals surface area contributed by atoms with Gasteiger partial charge in [-0.25, -0.2) is 9.59 Å². The Balaban J connectivity index is 2.05. The number of carbonyl (C=O) groups is 2. The van der Waals surface area contributed by atoms with E-state index < -0.39 is 18.0 Å². The minimum absolute atomic E-state index is 0.488. The molecule has 104 valence electrons. The normalized spacial score (nSPS) is 11.7. The Labute approximate surface area is 115 Å². The molecule has 0 spiro atoms. The first-order valence-electron chi connectivity index (χ1n) is 5.90. The van der Waals surface area contributed by atoms with Gasteiger partial charge in [0.05, 0.1) is 11.9 Å². The highest BCUT2D eigenvalue weighted by atomic mass is 16.4. The zero-order valence-electron chi connectivity index (χ0n) is 10.8. The summed E-state index contributed by atoms with van der Waals surface area (Å²) in [6.45, 7) is 0. The number of amides is 2. The van der Waals surface area contributed by atoms with E-state index in [0.29, 0.717) is 11.3 Å². The third kappa shape index (κ3) is 3.35. The maximum atomic E-state index is 11.8. The lowest BCUT2D eigenvalue weighted by Gasteiger charge is -2.14. The van der Waals surface area contributed by atoms with Crippen LogP contribution in [0.15, 0.2) is 42.7 Å². The van der Waals surface area contributed by atoms with E-state index in [1.54, 1.807) is 43.6 Å². The fourth-order valence-electron chi connectivity index (χ4n) is 1.72. The second-order valence-corrected chi connectivity index (χ2v) is 4.18. The van der Waals surface area contributed by atoms with Gasteiger partial charge in [0.1, 0.15) is 0 Å². The van der Waals surface area contributed by atoms with Crippen LogP contribution in [0.1, 0.15) is 11.6 Å². The molecule has 0 radical (unpaired) electrons. The summed E-state index contributed by atoms with van der Waals surface area (Å²) >= 11 is 0. The molecule has 0 aliphatic rings. The number of anilines is 1. The van der Waals surface area contributed by atoms with Gasteiger partial charge in [0, 0.05) is 13.2 Å². The Hall–Kier alpha value is -2.83. The zero-order chi connectivity index (χ0) is 14.5. The number of aliphatic carboxylic acids is 1. The highest BCUT2D eigenvalue weighted by Gasteiger charge is 2.21. The first kappa shape index (κ1) is 13.6. The van der Waals surface area contributed by atoms with Crippen molar-refractivity contribution in [1.29, 1.82) is 0 Å². The van der Waals surface area contributed by atoms with Gasteiger partial charge in [-0.05, 0) is 5.56 Å². The molecule has 1 aromatic heterocycles. The van der Waals surface area contributed by atoms with E-state index in [0.717, 1.165) is 0 Å². The summed E-state index contributed by atoms with van der Waals surface area (Å²) in [5.74, 6) is -1.13. The number of urea groups is 1. The molecule has 0 saturated heterocycles. The second kappa shape index (κ2) is 5.87. The Bertz CT molecular complexity index is 609. The average Bonchev–Trinajstić information content (AvgIpc) is 2.82. The van der Waals surface area contributed by atoms with Gasteiger partial charge in [0.2, 0.25) is 0 Å². The van der Waals surface area contributed by atoms with Crippen LogP contribution in [0.5, 0.6) is 0 Å². The number of benzene rings is 1. The summed E-state index contributed by atoms with van der Waals surface area (Å²) in [6, 6.07) is 6.78. The van der Waals surface area contributed by atoms with Crippen molar-refractivity contribution in [2.24, 2.45) is 7.05 Å². The van der Waals surface area contributed by atoms with Crippen LogP contribution in [-0.2, 0) is 11.8 Å². The molecule has 1 heterocycles. The third-order valence-corrected chi connectivity index (χ3v) is 2.62. The Morgan fingerprint density at radius 2 is 2.00 bits per heavy atom. The smallest absolute Gasteiger partial charge is 0.330 e. The number of nitrogens with one attached hydrogen (secondary N) is 2. The van der Waals surface area contributed by atoms with Gasteiger partial charge >= 0.3 is 12.0 Å². The lowest BCUT2D eigenvalue weighted by Crippen LogP contribution is -2.36. The van der Waals surface area contributed by atoms with E-state index >= 15 is 0 Å². The molecule has 7 heteroatoms. The summed E-state index contributed by atoms with van der Waals surface area (Å²) in [5.41, 5.74) is 0.989. The topological polar surface area (TPSA) is 96.2 Å². The van der Waals surface area contributed by atoms with Gasteiger partial charge < -0.3 is 15.7 Å². The molecule has 7 nitrogen and oxygen atoms in total. The lowest BCUT2D eigenvalue weighted by molar-refractivity contribution is -0.139. The molecule has 3 N–H and O–H groups in total. The summed E-state index contributed by atoms with van der Waals surface area (Å²) in [6.07, 6.45) is 3.08. The van der Waals surface area contributed by atoms with Crippen LogP contribution in [0.2, 0.25) is 0 Å². The lowest BCUT2D eigenvalue weighted by atomic mass is 10.1. The summed E-state index contributed by atoms with van der Waals surface area (Å²) in [4.78, 5) is 23.0. The number of aromatic nitrogens is 2. The van der Waals surface area contributed by atoms with E-state index in [1.165, 1.54) is 10.9 Å². The van der Waals surface area contributed by atoms with Crippen LogP contribution in [-0.4, -0.2) is 26.9 Å². The molecule has 2 amide bonds. The zero-order valence-corrected chi connectivity index (χ0v) is 10.8. The second-order valence-electron chi connectivity index (χ2n) is 4.18. The molecule has 2 rings (SSSR count). The van der Waals surface area contributed by atoms with Crippen molar-refractivity contribution in [3.8, 4) is 0 Å². The van der Waals surface area contributed by atoms with Crippen molar-refractivity contribution >= 4 is 17.7 Å².